The predicted octanol–water partition coefficient (Wildman–Crippen LogP) is 6.57. The monoisotopic (exact) mass is 456 g/mol. The first-order valence-electron chi connectivity index (χ1n) is 10.2. The number of anilines is 1. The second kappa shape index (κ2) is 11.1. The Morgan fingerprint density at radius 2 is 1.77 bits per heavy atom. The number of halogens is 2. The summed E-state index contributed by atoms with van der Waals surface area (Å²) in [6, 6.07) is 20.7. The van der Waals surface area contributed by atoms with E-state index in [1.54, 1.807) is 12.1 Å². The highest BCUT2D eigenvalue weighted by molar-refractivity contribution is 6.35. The summed E-state index contributed by atoms with van der Waals surface area (Å²) in [7, 11) is 0. The van der Waals surface area contributed by atoms with Gasteiger partial charge in [-0.3, -0.25) is 4.79 Å². The summed E-state index contributed by atoms with van der Waals surface area (Å²) in [5.74, 6) is 1.12. The van der Waals surface area contributed by atoms with Crippen LogP contribution in [0.1, 0.15) is 35.3 Å². The molecule has 0 aliphatic rings. The summed E-state index contributed by atoms with van der Waals surface area (Å²) < 4.78 is 5.82. The van der Waals surface area contributed by atoms with Crippen molar-refractivity contribution in [2.24, 2.45) is 5.92 Å². The molecule has 0 saturated heterocycles. The molecule has 4 nitrogen and oxygen atoms in total. The molecule has 0 heterocycles. The van der Waals surface area contributed by atoms with Crippen LogP contribution in [-0.4, -0.2) is 12.5 Å². The molecule has 162 valence electrons. The van der Waals surface area contributed by atoms with Crippen LogP contribution in [0.15, 0.2) is 66.7 Å². The molecule has 2 N–H and O–H groups in total. The van der Waals surface area contributed by atoms with E-state index in [2.05, 4.69) is 24.5 Å². The van der Waals surface area contributed by atoms with Gasteiger partial charge in [0.1, 0.15) is 12.4 Å². The van der Waals surface area contributed by atoms with Crippen molar-refractivity contribution in [3.8, 4) is 5.75 Å². The van der Waals surface area contributed by atoms with Crippen LogP contribution in [0.25, 0.3) is 0 Å². The summed E-state index contributed by atoms with van der Waals surface area (Å²) in [4.78, 5) is 12.2. The molecule has 0 unspecified atom stereocenters. The lowest BCUT2D eigenvalue weighted by molar-refractivity contribution is 0.0949. The topological polar surface area (TPSA) is 50.4 Å². The molecule has 0 aliphatic heterocycles. The Morgan fingerprint density at radius 1 is 1.00 bits per heavy atom. The van der Waals surface area contributed by atoms with Crippen LogP contribution in [0.2, 0.25) is 10.0 Å². The molecule has 0 aromatic heterocycles. The highest BCUT2D eigenvalue weighted by Crippen LogP contribution is 2.23. The smallest absolute Gasteiger partial charge is 0.251 e. The minimum absolute atomic E-state index is 0.0559. The lowest BCUT2D eigenvalue weighted by atomic mass is 10.1. The van der Waals surface area contributed by atoms with Crippen molar-refractivity contribution >= 4 is 34.8 Å². The zero-order chi connectivity index (χ0) is 22.2. The summed E-state index contributed by atoms with van der Waals surface area (Å²) in [5.41, 5.74) is 3.53. The van der Waals surface area contributed by atoms with Crippen molar-refractivity contribution in [1.29, 1.82) is 0 Å². The maximum absolute atomic E-state index is 12.2. The molecular weight excluding hydrogens is 431 g/mol. The van der Waals surface area contributed by atoms with Crippen LogP contribution in [0.3, 0.4) is 0 Å². The van der Waals surface area contributed by atoms with Gasteiger partial charge in [0.05, 0.1) is 0 Å². The minimum Gasteiger partial charge on any atom is -0.489 e. The number of carbonyl (C=O) groups is 1. The Bertz CT molecular complexity index is 1020. The van der Waals surface area contributed by atoms with Crippen LogP contribution in [0, 0.1) is 5.92 Å². The third-order valence-corrected chi connectivity index (χ3v) is 5.21. The Balaban J connectivity index is 1.52. The van der Waals surface area contributed by atoms with Crippen molar-refractivity contribution in [2.75, 3.05) is 11.9 Å². The second-order valence-corrected chi connectivity index (χ2v) is 8.55. The average molecular weight is 457 g/mol. The highest BCUT2D eigenvalue weighted by Gasteiger charge is 2.07. The van der Waals surface area contributed by atoms with Gasteiger partial charge in [-0.15, -0.1) is 0 Å². The molecule has 0 fully saturated rings. The maximum Gasteiger partial charge on any atom is 0.251 e. The molecule has 3 aromatic rings. The van der Waals surface area contributed by atoms with Crippen molar-refractivity contribution in [3.63, 3.8) is 0 Å². The highest BCUT2D eigenvalue weighted by atomic mass is 35.5. The van der Waals surface area contributed by atoms with Crippen LogP contribution < -0.4 is 15.4 Å². The number of benzene rings is 3. The van der Waals surface area contributed by atoms with E-state index in [0.717, 1.165) is 22.6 Å². The van der Waals surface area contributed by atoms with E-state index in [9.17, 15) is 4.79 Å². The summed E-state index contributed by atoms with van der Waals surface area (Å²) in [6.07, 6.45) is 0. The van der Waals surface area contributed by atoms with Crippen molar-refractivity contribution < 1.29 is 9.53 Å². The number of hydrogen-bond acceptors (Lipinski definition) is 3. The van der Waals surface area contributed by atoms with Crippen LogP contribution in [0.5, 0.6) is 5.75 Å². The first kappa shape index (κ1) is 23.0. The van der Waals surface area contributed by atoms with Gasteiger partial charge in [-0.2, -0.15) is 0 Å². The summed E-state index contributed by atoms with van der Waals surface area (Å²) in [6.45, 7) is 5.82. The van der Waals surface area contributed by atoms with Gasteiger partial charge in [-0.05, 0) is 53.9 Å². The SMILES string of the molecule is CC(C)CNC(=O)c1cccc(NCc2ccc(OCc3ccc(Cl)cc3Cl)cc2)c1. The Kier molecular flexibility index (Phi) is 8.21. The zero-order valence-corrected chi connectivity index (χ0v) is 19.1. The zero-order valence-electron chi connectivity index (χ0n) is 17.6. The lowest BCUT2D eigenvalue weighted by Gasteiger charge is -2.11. The number of hydrogen-bond donors (Lipinski definition) is 2. The summed E-state index contributed by atoms with van der Waals surface area (Å²) in [5, 5.41) is 7.50. The first-order chi connectivity index (χ1) is 14.9. The van der Waals surface area contributed by atoms with Gasteiger partial charge in [-0.25, -0.2) is 0 Å². The van der Waals surface area contributed by atoms with Crippen molar-refractivity contribution in [2.45, 2.75) is 27.0 Å². The third-order valence-electron chi connectivity index (χ3n) is 4.63. The van der Waals surface area contributed by atoms with Crippen molar-refractivity contribution in [3.05, 3.63) is 93.5 Å². The molecule has 3 aromatic carbocycles. The molecule has 0 spiro atoms. The van der Waals surface area contributed by atoms with Gasteiger partial charge in [0.25, 0.3) is 5.91 Å². The Morgan fingerprint density at radius 3 is 2.48 bits per heavy atom. The normalized spacial score (nSPS) is 10.7. The first-order valence-corrected chi connectivity index (χ1v) is 10.9. The van der Waals surface area contributed by atoms with E-state index in [-0.39, 0.29) is 5.91 Å². The predicted molar refractivity (Wildman–Crippen MR) is 128 cm³/mol. The number of nitrogens with one attached hydrogen (secondary N) is 2. The molecule has 1 amide bonds. The number of ether oxygens (including phenoxy) is 1. The Labute approximate surface area is 193 Å². The lowest BCUT2D eigenvalue weighted by Crippen LogP contribution is -2.27. The van der Waals surface area contributed by atoms with E-state index in [0.29, 0.717) is 41.2 Å². The molecule has 6 heteroatoms. The molecule has 31 heavy (non-hydrogen) atoms. The molecule has 0 saturated carbocycles. The number of carbonyl (C=O) groups excluding carboxylic acids is 1. The van der Waals surface area contributed by atoms with Gasteiger partial charge < -0.3 is 15.4 Å². The third kappa shape index (κ3) is 7.20. The van der Waals surface area contributed by atoms with E-state index >= 15 is 0 Å². The average Bonchev–Trinajstić information content (AvgIpc) is 2.76. The largest absolute Gasteiger partial charge is 0.489 e. The van der Waals surface area contributed by atoms with Crippen LogP contribution in [0.4, 0.5) is 5.69 Å². The maximum atomic E-state index is 12.2. The van der Waals surface area contributed by atoms with Gasteiger partial charge in [0.2, 0.25) is 0 Å². The van der Waals surface area contributed by atoms with Gasteiger partial charge in [0, 0.05) is 39.9 Å². The van der Waals surface area contributed by atoms with E-state index < -0.39 is 0 Å². The number of rotatable bonds is 9. The van der Waals surface area contributed by atoms with Crippen molar-refractivity contribution in [1.82, 2.24) is 5.32 Å². The molecule has 0 radical (unpaired) electrons. The van der Waals surface area contributed by atoms with E-state index in [1.165, 1.54) is 0 Å². The molecule has 3 rings (SSSR count). The van der Waals surface area contributed by atoms with Gasteiger partial charge in [0.15, 0.2) is 0 Å². The van der Waals surface area contributed by atoms with Gasteiger partial charge >= 0.3 is 0 Å². The standard InChI is InChI=1S/C25H26Cl2N2O2/c1-17(2)14-29-25(30)19-4-3-5-22(12-19)28-15-18-6-10-23(11-7-18)31-16-20-8-9-21(26)13-24(20)27/h3-13,17,28H,14-16H2,1-2H3,(H,29,30). The Hall–Kier alpha value is -2.69. The number of amides is 1. The fourth-order valence-electron chi connectivity index (χ4n) is 2.88. The van der Waals surface area contributed by atoms with E-state index in [1.807, 2.05) is 54.6 Å². The minimum atomic E-state index is -0.0559. The van der Waals surface area contributed by atoms with Gasteiger partial charge in [-0.1, -0.05) is 61.3 Å². The van der Waals surface area contributed by atoms with Crippen LogP contribution in [-0.2, 0) is 13.2 Å². The fourth-order valence-corrected chi connectivity index (χ4v) is 3.34. The van der Waals surface area contributed by atoms with Crippen LogP contribution >= 0.6 is 23.2 Å². The molecule has 0 atom stereocenters. The fraction of sp³-hybridized carbons (Fsp3) is 0.240. The molecule has 0 aliphatic carbocycles. The second-order valence-electron chi connectivity index (χ2n) is 7.71. The molecular formula is C25H26Cl2N2O2. The van der Waals surface area contributed by atoms with E-state index in [4.69, 9.17) is 27.9 Å². The molecule has 0 bridgehead atoms. The summed E-state index contributed by atoms with van der Waals surface area (Å²) >= 11 is 12.1. The quantitative estimate of drug-likeness (QED) is 0.382.